The normalized spacial score (nSPS) is 14.6. The van der Waals surface area contributed by atoms with E-state index in [1.165, 1.54) is 15.9 Å². The summed E-state index contributed by atoms with van der Waals surface area (Å²) in [6, 6.07) is 24.5. The Morgan fingerprint density at radius 1 is 1.02 bits per heavy atom. The first-order chi connectivity index (χ1) is 22.6. The van der Waals surface area contributed by atoms with Gasteiger partial charge in [-0.25, -0.2) is 14.6 Å². The first-order valence-electron chi connectivity index (χ1n) is 15.1. The summed E-state index contributed by atoms with van der Waals surface area (Å²) in [7, 11) is 0. The minimum absolute atomic E-state index is 0.160. The summed E-state index contributed by atoms with van der Waals surface area (Å²) in [5.41, 5.74) is 3.88. The number of aromatic nitrogens is 1. The lowest BCUT2D eigenvalue weighted by molar-refractivity contribution is -0.138. The number of benzene rings is 3. The monoisotopic (exact) mass is 666 g/mol. The summed E-state index contributed by atoms with van der Waals surface area (Å²) in [4.78, 5) is 45.4. The van der Waals surface area contributed by atoms with Gasteiger partial charge in [-0.15, -0.1) is 0 Å². The summed E-state index contributed by atoms with van der Waals surface area (Å²) in [5.74, 6) is 0.103. The topological polar surface area (TPSA) is 100 Å². The molecule has 238 valence electrons. The Morgan fingerprint density at radius 3 is 2.45 bits per heavy atom. The number of hydrogen-bond donors (Lipinski definition) is 0. The molecule has 0 N–H and O–H groups in total. The number of rotatable bonds is 8. The van der Waals surface area contributed by atoms with E-state index in [1.54, 1.807) is 69.3 Å². The molecule has 3 heterocycles. The highest BCUT2D eigenvalue weighted by Crippen LogP contribution is 2.35. The van der Waals surface area contributed by atoms with E-state index in [4.69, 9.17) is 30.5 Å². The van der Waals surface area contributed by atoms with E-state index in [2.05, 4.69) is 0 Å². The van der Waals surface area contributed by atoms with Crippen LogP contribution in [0.3, 0.4) is 0 Å². The SMILES string of the molecule is CCOC(=O)C1=C(c2ccccc2)N=c2s/c(=C/c3ccc(-c4ccc(C(=O)OC(C)C)cc4C)o3)c(=O)n2[C@@H]1c1ccc(Cl)cc1. The molecule has 0 saturated carbocycles. The molecule has 10 heteroatoms. The molecule has 0 spiro atoms. The smallest absolute Gasteiger partial charge is 0.338 e. The highest BCUT2D eigenvalue weighted by atomic mass is 35.5. The Bertz CT molecular complexity index is 2190. The maximum absolute atomic E-state index is 14.1. The number of fused-ring (bicyclic) bond motifs is 1. The minimum Gasteiger partial charge on any atom is -0.463 e. The Hall–Kier alpha value is -4.99. The van der Waals surface area contributed by atoms with E-state index in [-0.39, 0.29) is 29.8 Å². The zero-order chi connectivity index (χ0) is 33.2. The number of furan rings is 1. The molecule has 1 atom stereocenters. The number of halogens is 1. The van der Waals surface area contributed by atoms with Crippen LogP contribution in [0, 0.1) is 6.92 Å². The van der Waals surface area contributed by atoms with Crippen LogP contribution in [0.15, 0.2) is 105 Å². The third kappa shape index (κ3) is 6.50. The Labute approximate surface area is 279 Å². The van der Waals surface area contributed by atoms with E-state index in [1.807, 2.05) is 49.4 Å². The van der Waals surface area contributed by atoms with Crippen molar-refractivity contribution in [3.8, 4) is 11.3 Å². The Kier molecular flexibility index (Phi) is 9.11. The van der Waals surface area contributed by atoms with E-state index in [9.17, 15) is 14.4 Å². The summed E-state index contributed by atoms with van der Waals surface area (Å²) in [5, 5.41) is 0.528. The molecule has 0 fully saturated rings. The molecule has 2 aromatic heterocycles. The number of carbonyl (C=O) groups is 2. The molecule has 0 bridgehead atoms. The number of ether oxygens (including phenoxy) is 2. The van der Waals surface area contributed by atoms with Crippen molar-refractivity contribution in [1.82, 2.24) is 4.57 Å². The fourth-order valence-electron chi connectivity index (χ4n) is 5.45. The molecule has 3 aromatic carbocycles. The van der Waals surface area contributed by atoms with Gasteiger partial charge in [-0.3, -0.25) is 9.36 Å². The average molecular weight is 667 g/mol. The second-order valence-electron chi connectivity index (χ2n) is 11.2. The van der Waals surface area contributed by atoms with Crippen molar-refractivity contribution in [1.29, 1.82) is 0 Å². The van der Waals surface area contributed by atoms with Crippen LogP contribution in [0.5, 0.6) is 0 Å². The van der Waals surface area contributed by atoms with Gasteiger partial charge >= 0.3 is 11.9 Å². The largest absolute Gasteiger partial charge is 0.463 e. The summed E-state index contributed by atoms with van der Waals surface area (Å²) in [6.45, 7) is 7.40. The predicted molar refractivity (Wildman–Crippen MR) is 182 cm³/mol. The number of nitrogens with zero attached hydrogens (tertiary/aromatic N) is 2. The van der Waals surface area contributed by atoms with E-state index >= 15 is 0 Å². The molecule has 5 aromatic rings. The predicted octanol–water partition coefficient (Wildman–Crippen LogP) is 6.72. The minimum atomic E-state index is -0.810. The number of thiazole rings is 1. The van der Waals surface area contributed by atoms with Crippen LogP contribution in [-0.2, 0) is 14.3 Å². The highest BCUT2D eigenvalue weighted by molar-refractivity contribution is 7.07. The summed E-state index contributed by atoms with van der Waals surface area (Å²) < 4.78 is 18.9. The molecular weight excluding hydrogens is 636 g/mol. The molecule has 0 unspecified atom stereocenters. The van der Waals surface area contributed by atoms with Crippen LogP contribution in [0.2, 0.25) is 5.02 Å². The third-order valence-corrected chi connectivity index (χ3v) is 8.76. The van der Waals surface area contributed by atoms with Gasteiger partial charge in [-0.2, -0.15) is 0 Å². The van der Waals surface area contributed by atoms with Crippen molar-refractivity contribution in [2.24, 2.45) is 4.99 Å². The van der Waals surface area contributed by atoms with Gasteiger partial charge in [0, 0.05) is 22.2 Å². The first kappa shape index (κ1) is 32.0. The van der Waals surface area contributed by atoms with Crippen LogP contribution >= 0.6 is 22.9 Å². The van der Waals surface area contributed by atoms with Gasteiger partial charge in [-0.05, 0) is 75.2 Å². The quantitative estimate of drug-likeness (QED) is 0.171. The number of aryl methyl sites for hydroxylation is 1. The van der Waals surface area contributed by atoms with Crippen LogP contribution in [0.1, 0.15) is 59.6 Å². The van der Waals surface area contributed by atoms with Gasteiger partial charge in [0.25, 0.3) is 5.56 Å². The molecule has 8 nitrogen and oxygen atoms in total. The fourth-order valence-corrected chi connectivity index (χ4v) is 6.56. The van der Waals surface area contributed by atoms with Gasteiger partial charge in [0.1, 0.15) is 11.5 Å². The second kappa shape index (κ2) is 13.4. The van der Waals surface area contributed by atoms with E-state index in [0.717, 1.165) is 16.7 Å². The number of esters is 2. The van der Waals surface area contributed by atoms with Crippen molar-refractivity contribution < 1.29 is 23.5 Å². The van der Waals surface area contributed by atoms with Crippen LogP contribution in [0.4, 0.5) is 0 Å². The van der Waals surface area contributed by atoms with Gasteiger partial charge < -0.3 is 13.9 Å². The van der Waals surface area contributed by atoms with Crippen LogP contribution in [-0.4, -0.2) is 29.2 Å². The lowest BCUT2D eigenvalue weighted by Gasteiger charge is -2.25. The summed E-state index contributed by atoms with van der Waals surface area (Å²) >= 11 is 7.43. The molecule has 1 aliphatic heterocycles. The highest BCUT2D eigenvalue weighted by Gasteiger charge is 2.35. The van der Waals surface area contributed by atoms with E-state index in [0.29, 0.717) is 42.7 Å². The maximum atomic E-state index is 14.1. The van der Waals surface area contributed by atoms with Crippen molar-refractivity contribution in [2.45, 2.75) is 39.8 Å². The molecular formula is C37H31ClN2O6S. The van der Waals surface area contributed by atoms with Gasteiger partial charge in [0.2, 0.25) is 0 Å². The van der Waals surface area contributed by atoms with Crippen molar-refractivity contribution in [2.75, 3.05) is 6.61 Å². The third-order valence-electron chi connectivity index (χ3n) is 7.53. The molecule has 1 aliphatic rings. The first-order valence-corrected chi connectivity index (χ1v) is 16.3. The molecule has 0 radical (unpaired) electrons. The van der Waals surface area contributed by atoms with E-state index < -0.39 is 12.0 Å². The number of carbonyl (C=O) groups excluding carboxylic acids is 2. The molecule has 6 rings (SSSR count). The zero-order valence-corrected chi connectivity index (χ0v) is 27.7. The molecule has 0 amide bonds. The summed E-state index contributed by atoms with van der Waals surface area (Å²) in [6.07, 6.45) is 1.45. The molecule has 47 heavy (non-hydrogen) atoms. The average Bonchev–Trinajstić information content (AvgIpc) is 3.64. The van der Waals surface area contributed by atoms with Crippen molar-refractivity contribution in [3.05, 3.63) is 143 Å². The maximum Gasteiger partial charge on any atom is 0.338 e. The van der Waals surface area contributed by atoms with Crippen molar-refractivity contribution in [3.63, 3.8) is 0 Å². The lowest BCUT2D eigenvalue weighted by Crippen LogP contribution is -2.39. The lowest BCUT2D eigenvalue weighted by atomic mass is 9.93. The standard InChI is InChI=1S/C37H31ClN2O6S/c1-5-44-36(43)31-32(23-9-7-6-8-10-23)39-37-40(33(31)24-11-14-26(38)15-12-24)34(41)30(47-37)20-27-16-18-29(46-27)28-17-13-25(19-22(28)4)35(42)45-21(2)3/h6-21,33H,5H2,1-4H3/b30-20+/t33-/m1/s1. The molecule has 0 aliphatic carbocycles. The van der Waals surface area contributed by atoms with Gasteiger partial charge in [0.05, 0.1) is 40.1 Å². The van der Waals surface area contributed by atoms with Crippen LogP contribution < -0.4 is 14.9 Å². The second-order valence-corrected chi connectivity index (χ2v) is 12.6. The fraction of sp³-hybridized carbons (Fsp3) is 0.189. The van der Waals surface area contributed by atoms with Crippen molar-refractivity contribution >= 4 is 46.6 Å². The van der Waals surface area contributed by atoms with Crippen LogP contribution in [0.25, 0.3) is 23.1 Å². The molecule has 0 saturated heterocycles. The van der Waals surface area contributed by atoms with Gasteiger partial charge in [0.15, 0.2) is 4.80 Å². The Morgan fingerprint density at radius 2 is 1.77 bits per heavy atom. The number of hydrogen-bond acceptors (Lipinski definition) is 8. The van der Waals surface area contributed by atoms with Gasteiger partial charge in [-0.1, -0.05) is 71.5 Å². The Balaban J connectivity index is 1.46. The zero-order valence-electron chi connectivity index (χ0n) is 26.2.